The van der Waals surface area contributed by atoms with E-state index in [-0.39, 0.29) is 11.8 Å². The summed E-state index contributed by atoms with van der Waals surface area (Å²) in [6, 6.07) is 4.02. The Kier molecular flexibility index (Phi) is 3.97. The molecule has 0 saturated heterocycles. The number of pyridine rings is 1. The van der Waals surface area contributed by atoms with E-state index in [1.807, 2.05) is 12.1 Å². The van der Waals surface area contributed by atoms with E-state index in [2.05, 4.69) is 11.9 Å². The van der Waals surface area contributed by atoms with Crippen molar-refractivity contribution in [3.05, 3.63) is 29.1 Å². The van der Waals surface area contributed by atoms with Gasteiger partial charge in [-0.25, -0.2) is 0 Å². The minimum Gasteiger partial charge on any atom is -0.481 e. The van der Waals surface area contributed by atoms with Crippen LogP contribution in [0.5, 0.6) is 0 Å². The molecule has 1 aliphatic carbocycles. The Bertz CT molecular complexity index is 445. The van der Waals surface area contributed by atoms with Crippen LogP contribution in [-0.4, -0.2) is 29.8 Å². The highest BCUT2D eigenvalue weighted by Crippen LogP contribution is 2.26. The molecule has 1 aromatic rings. The SMILES string of the molecule is COCC(C)c1ccc2c(n1)CC[C@H](C(=O)O)C2. The Morgan fingerprint density at radius 2 is 2.39 bits per heavy atom. The number of fused-ring (bicyclic) bond motifs is 1. The number of carboxylic acid groups (broad SMARTS) is 1. The standard InChI is InChI=1S/C14H19NO3/c1-9(8-18-2)12-5-3-10-7-11(14(16)17)4-6-13(10)15-12/h3,5,9,11H,4,6-8H2,1-2H3,(H,16,17)/t9?,11-/m0/s1. The van der Waals surface area contributed by atoms with Crippen molar-refractivity contribution in [1.82, 2.24) is 4.98 Å². The lowest BCUT2D eigenvalue weighted by Gasteiger charge is -2.22. The Morgan fingerprint density at radius 3 is 3.06 bits per heavy atom. The highest BCUT2D eigenvalue weighted by molar-refractivity contribution is 5.70. The van der Waals surface area contributed by atoms with Crippen molar-refractivity contribution >= 4 is 5.97 Å². The van der Waals surface area contributed by atoms with E-state index in [4.69, 9.17) is 9.84 Å². The number of methoxy groups -OCH3 is 1. The third kappa shape index (κ3) is 2.70. The number of aliphatic carboxylic acids is 1. The second-order valence-electron chi connectivity index (χ2n) is 4.98. The third-order valence-electron chi connectivity index (χ3n) is 3.56. The minimum atomic E-state index is -0.697. The molecule has 1 N–H and O–H groups in total. The molecule has 0 aromatic carbocycles. The van der Waals surface area contributed by atoms with Crippen LogP contribution in [-0.2, 0) is 22.4 Å². The van der Waals surface area contributed by atoms with E-state index in [1.54, 1.807) is 7.11 Å². The van der Waals surface area contributed by atoms with Crippen LogP contribution in [0.25, 0.3) is 0 Å². The molecule has 4 heteroatoms. The summed E-state index contributed by atoms with van der Waals surface area (Å²) in [5, 5.41) is 9.04. The largest absolute Gasteiger partial charge is 0.481 e. The summed E-state index contributed by atoms with van der Waals surface area (Å²) in [5.41, 5.74) is 3.18. The number of aromatic nitrogens is 1. The summed E-state index contributed by atoms with van der Waals surface area (Å²) in [4.78, 5) is 15.6. The van der Waals surface area contributed by atoms with Crippen LogP contribution in [0.2, 0.25) is 0 Å². The van der Waals surface area contributed by atoms with Gasteiger partial charge in [0.15, 0.2) is 0 Å². The van der Waals surface area contributed by atoms with Crippen LogP contribution >= 0.6 is 0 Å². The lowest BCUT2D eigenvalue weighted by Crippen LogP contribution is -2.23. The van der Waals surface area contributed by atoms with Crippen molar-refractivity contribution in [2.45, 2.75) is 32.1 Å². The summed E-state index contributed by atoms with van der Waals surface area (Å²) >= 11 is 0. The van der Waals surface area contributed by atoms with E-state index < -0.39 is 5.97 Å². The van der Waals surface area contributed by atoms with Gasteiger partial charge >= 0.3 is 5.97 Å². The summed E-state index contributed by atoms with van der Waals surface area (Å²) < 4.78 is 5.13. The van der Waals surface area contributed by atoms with Crippen molar-refractivity contribution in [2.75, 3.05) is 13.7 Å². The van der Waals surface area contributed by atoms with Gasteiger partial charge in [-0.2, -0.15) is 0 Å². The molecule has 1 aliphatic rings. The Morgan fingerprint density at radius 1 is 1.61 bits per heavy atom. The quantitative estimate of drug-likeness (QED) is 0.887. The predicted molar refractivity (Wildman–Crippen MR) is 67.7 cm³/mol. The molecule has 18 heavy (non-hydrogen) atoms. The van der Waals surface area contributed by atoms with E-state index in [9.17, 15) is 4.79 Å². The Labute approximate surface area is 107 Å². The van der Waals surface area contributed by atoms with Crippen LogP contribution in [0, 0.1) is 5.92 Å². The average Bonchev–Trinajstić information content (AvgIpc) is 2.37. The Balaban J connectivity index is 2.17. The van der Waals surface area contributed by atoms with Crippen molar-refractivity contribution in [3.8, 4) is 0 Å². The molecule has 0 radical (unpaired) electrons. The first kappa shape index (κ1) is 13.0. The number of carbonyl (C=O) groups is 1. The molecule has 0 saturated carbocycles. The van der Waals surface area contributed by atoms with Crippen LogP contribution in [0.4, 0.5) is 0 Å². The average molecular weight is 249 g/mol. The maximum absolute atomic E-state index is 11.0. The number of aryl methyl sites for hydroxylation is 1. The molecule has 0 amide bonds. The molecular formula is C14H19NO3. The molecule has 0 spiro atoms. The van der Waals surface area contributed by atoms with Crippen molar-refractivity contribution in [2.24, 2.45) is 5.92 Å². The Hall–Kier alpha value is -1.42. The maximum atomic E-state index is 11.0. The highest BCUT2D eigenvalue weighted by Gasteiger charge is 2.25. The normalized spacial score (nSPS) is 20.2. The maximum Gasteiger partial charge on any atom is 0.306 e. The van der Waals surface area contributed by atoms with Crippen molar-refractivity contribution in [3.63, 3.8) is 0 Å². The van der Waals surface area contributed by atoms with Gasteiger partial charge in [0.05, 0.1) is 12.5 Å². The highest BCUT2D eigenvalue weighted by atomic mass is 16.5. The molecule has 1 unspecified atom stereocenters. The van der Waals surface area contributed by atoms with Gasteiger partial charge in [-0.05, 0) is 30.9 Å². The predicted octanol–water partition coefficient (Wildman–Crippen LogP) is 2.02. The summed E-state index contributed by atoms with van der Waals surface area (Å²) in [7, 11) is 1.69. The van der Waals surface area contributed by atoms with Gasteiger partial charge in [0, 0.05) is 24.4 Å². The minimum absolute atomic E-state index is 0.249. The molecule has 4 nitrogen and oxygen atoms in total. The van der Waals surface area contributed by atoms with Gasteiger partial charge in [0.25, 0.3) is 0 Å². The number of nitrogens with zero attached hydrogens (tertiary/aromatic N) is 1. The summed E-state index contributed by atoms with van der Waals surface area (Å²) in [6.45, 7) is 2.74. The fourth-order valence-electron chi connectivity index (χ4n) is 2.45. The fraction of sp³-hybridized carbons (Fsp3) is 0.571. The molecule has 0 bridgehead atoms. The molecule has 2 rings (SSSR count). The first-order chi connectivity index (χ1) is 8.61. The van der Waals surface area contributed by atoms with Crippen LogP contribution in [0.15, 0.2) is 12.1 Å². The molecule has 0 fully saturated rings. The zero-order valence-electron chi connectivity index (χ0n) is 10.8. The first-order valence-electron chi connectivity index (χ1n) is 6.32. The monoisotopic (exact) mass is 249 g/mol. The molecule has 98 valence electrons. The number of rotatable bonds is 4. The topological polar surface area (TPSA) is 59.4 Å². The van der Waals surface area contributed by atoms with E-state index >= 15 is 0 Å². The van der Waals surface area contributed by atoms with E-state index in [0.717, 1.165) is 23.4 Å². The van der Waals surface area contributed by atoms with Gasteiger partial charge in [0.2, 0.25) is 0 Å². The van der Waals surface area contributed by atoms with Gasteiger partial charge < -0.3 is 9.84 Å². The molecule has 0 aliphatic heterocycles. The number of carboxylic acids is 1. The molecule has 2 atom stereocenters. The van der Waals surface area contributed by atoms with Crippen LogP contribution in [0.3, 0.4) is 0 Å². The first-order valence-corrected chi connectivity index (χ1v) is 6.32. The zero-order chi connectivity index (χ0) is 13.1. The van der Waals surface area contributed by atoms with E-state index in [1.165, 1.54) is 0 Å². The van der Waals surface area contributed by atoms with Crippen LogP contribution < -0.4 is 0 Å². The van der Waals surface area contributed by atoms with Gasteiger partial charge in [-0.3, -0.25) is 9.78 Å². The van der Waals surface area contributed by atoms with Crippen LogP contribution in [0.1, 0.15) is 36.2 Å². The number of hydrogen-bond acceptors (Lipinski definition) is 3. The zero-order valence-corrected chi connectivity index (χ0v) is 10.8. The van der Waals surface area contributed by atoms with Gasteiger partial charge in [-0.1, -0.05) is 13.0 Å². The fourth-order valence-corrected chi connectivity index (χ4v) is 2.45. The van der Waals surface area contributed by atoms with Gasteiger partial charge in [-0.15, -0.1) is 0 Å². The number of hydrogen-bond donors (Lipinski definition) is 1. The lowest BCUT2D eigenvalue weighted by atomic mass is 9.86. The second kappa shape index (κ2) is 5.48. The van der Waals surface area contributed by atoms with Crippen molar-refractivity contribution < 1.29 is 14.6 Å². The summed E-state index contributed by atoms with van der Waals surface area (Å²) in [6.07, 6.45) is 2.06. The molecule has 1 heterocycles. The third-order valence-corrected chi connectivity index (χ3v) is 3.56. The lowest BCUT2D eigenvalue weighted by molar-refractivity contribution is -0.142. The van der Waals surface area contributed by atoms with Crippen molar-refractivity contribution in [1.29, 1.82) is 0 Å². The van der Waals surface area contributed by atoms with Gasteiger partial charge in [0.1, 0.15) is 0 Å². The second-order valence-corrected chi connectivity index (χ2v) is 4.98. The number of ether oxygens (including phenoxy) is 1. The smallest absolute Gasteiger partial charge is 0.306 e. The van der Waals surface area contributed by atoms with E-state index in [0.29, 0.717) is 19.4 Å². The summed E-state index contributed by atoms with van der Waals surface area (Å²) in [5.74, 6) is -0.670. The molecule has 1 aromatic heterocycles. The molecular weight excluding hydrogens is 230 g/mol.